The SMILES string of the molecule is Cc1ccc2cccc(OCc3ccnc(CN)c3)c2n1. The highest BCUT2D eigenvalue weighted by molar-refractivity contribution is 5.84. The van der Waals surface area contributed by atoms with Gasteiger partial charge in [0.05, 0.1) is 5.69 Å². The number of aryl methyl sites for hydroxylation is 1. The van der Waals surface area contributed by atoms with Crippen LogP contribution in [0.3, 0.4) is 0 Å². The highest BCUT2D eigenvalue weighted by Crippen LogP contribution is 2.24. The molecule has 0 unspecified atom stereocenters. The number of nitrogens with zero attached hydrogens (tertiary/aromatic N) is 2. The molecule has 0 aliphatic heterocycles. The number of ether oxygens (including phenoxy) is 1. The second-order valence-corrected chi connectivity index (χ2v) is 4.93. The first kappa shape index (κ1) is 13.5. The summed E-state index contributed by atoms with van der Waals surface area (Å²) in [6.45, 7) is 2.89. The van der Waals surface area contributed by atoms with Crippen molar-refractivity contribution in [2.45, 2.75) is 20.1 Å². The third-order valence-electron chi connectivity index (χ3n) is 3.31. The Balaban J connectivity index is 1.86. The maximum absolute atomic E-state index is 5.93. The van der Waals surface area contributed by atoms with Crippen molar-refractivity contribution in [3.8, 4) is 5.75 Å². The summed E-state index contributed by atoms with van der Waals surface area (Å²) < 4.78 is 5.93. The quantitative estimate of drug-likeness (QED) is 0.797. The second-order valence-electron chi connectivity index (χ2n) is 4.93. The Morgan fingerprint density at radius 1 is 1.14 bits per heavy atom. The van der Waals surface area contributed by atoms with Crippen LogP contribution in [0.4, 0.5) is 0 Å². The lowest BCUT2D eigenvalue weighted by Gasteiger charge is -2.09. The predicted octanol–water partition coefficient (Wildman–Crippen LogP) is 2.98. The minimum Gasteiger partial charge on any atom is -0.487 e. The van der Waals surface area contributed by atoms with Crippen LogP contribution in [-0.4, -0.2) is 9.97 Å². The third-order valence-corrected chi connectivity index (χ3v) is 3.31. The van der Waals surface area contributed by atoms with E-state index in [0.717, 1.165) is 33.6 Å². The van der Waals surface area contributed by atoms with E-state index in [-0.39, 0.29) is 0 Å². The van der Waals surface area contributed by atoms with Crippen molar-refractivity contribution in [3.63, 3.8) is 0 Å². The lowest BCUT2D eigenvalue weighted by molar-refractivity contribution is 0.309. The molecule has 2 N–H and O–H groups in total. The lowest BCUT2D eigenvalue weighted by atomic mass is 10.2. The van der Waals surface area contributed by atoms with Crippen LogP contribution in [0.1, 0.15) is 17.0 Å². The molecule has 0 spiro atoms. The van der Waals surface area contributed by atoms with Gasteiger partial charge in [-0.25, -0.2) is 4.98 Å². The van der Waals surface area contributed by atoms with E-state index in [0.29, 0.717) is 13.2 Å². The molecule has 0 saturated heterocycles. The van der Waals surface area contributed by atoms with Gasteiger partial charge in [-0.2, -0.15) is 0 Å². The van der Waals surface area contributed by atoms with Gasteiger partial charge in [0.15, 0.2) is 0 Å². The second kappa shape index (κ2) is 5.89. The van der Waals surface area contributed by atoms with Gasteiger partial charge in [0, 0.05) is 23.8 Å². The van der Waals surface area contributed by atoms with Gasteiger partial charge in [-0.15, -0.1) is 0 Å². The Labute approximate surface area is 123 Å². The first-order valence-electron chi connectivity index (χ1n) is 6.89. The van der Waals surface area contributed by atoms with Crippen LogP contribution in [0.2, 0.25) is 0 Å². The smallest absolute Gasteiger partial charge is 0.146 e. The van der Waals surface area contributed by atoms with E-state index in [2.05, 4.69) is 16.0 Å². The van der Waals surface area contributed by atoms with E-state index in [1.165, 1.54) is 0 Å². The van der Waals surface area contributed by atoms with Crippen molar-refractivity contribution >= 4 is 10.9 Å². The van der Waals surface area contributed by atoms with Crippen LogP contribution >= 0.6 is 0 Å². The van der Waals surface area contributed by atoms with E-state index in [4.69, 9.17) is 10.5 Å². The molecule has 0 aliphatic rings. The van der Waals surface area contributed by atoms with Gasteiger partial charge in [0.2, 0.25) is 0 Å². The molecule has 2 heterocycles. The molecule has 2 aromatic heterocycles. The van der Waals surface area contributed by atoms with Crippen LogP contribution < -0.4 is 10.5 Å². The molecular weight excluding hydrogens is 262 g/mol. The topological polar surface area (TPSA) is 61.0 Å². The predicted molar refractivity (Wildman–Crippen MR) is 82.9 cm³/mol. The van der Waals surface area contributed by atoms with Crippen molar-refractivity contribution < 1.29 is 4.74 Å². The maximum atomic E-state index is 5.93. The average Bonchev–Trinajstić information content (AvgIpc) is 2.53. The standard InChI is InChI=1S/C17H17N3O/c1-12-5-6-14-3-2-4-16(17(14)20-12)21-11-13-7-8-19-15(9-13)10-18/h2-9H,10-11,18H2,1H3. The number of rotatable bonds is 4. The van der Waals surface area contributed by atoms with Crippen LogP contribution in [-0.2, 0) is 13.2 Å². The lowest BCUT2D eigenvalue weighted by Crippen LogP contribution is -2.02. The largest absolute Gasteiger partial charge is 0.487 e. The zero-order chi connectivity index (χ0) is 14.7. The Hall–Kier alpha value is -2.46. The van der Waals surface area contributed by atoms with Crippen molar-refractivity contribution in [3.05, 3.63) is 65.6 Å². The molecule has 0 fully saturated rings. The minimum atomic E-state index is 0.433. The first-order valence-corrected chi connectivity index (χ1v) is 6.89. The normalized spacial score (nSPS) is 10.8. The van der Waals surface area contributed by atoms with Crippen LogP contribution in [0.25, 0.3) is 10.9 Å². The molecule has 0 amide bonds. The molecule has 3 aromatic rings. The summed E-state index contributed by atoms with van der Waals surface area (Å²) >= 11 is 0. The fraction of sp³-hybridized carbons (Fsp3) is 0.176. The summed E-state index contributed by atoms with van der Waals surface area (Å²) in [6.07, 6.45) is 1.76. The summed E-state index contributed by atoms with van der Waals surface area (Å²) in [7, 11) is 0. The zero-order valence-electron chi connectivity index (χ0n) is 11.9. The Morgan fingerprint density at radius 2 is 2.05 bits per heavy atom. The molecule has 4 nitrogen and oxygen atoms in total. The minimum absolute atomic E-state index is 0.433. The van der Waals surface area contributed by atoms with Gasteiger partial charge >= 0.3 is 0 Å². The fourth-order valence-corrected chi connectivity index (χ4v) is 2.22. The van der Waals surface area contributed by atoms with Gasteiger partial charge in [0.25, 0.3) is 0 Å². The van der Waals surface area contributed by atoms with Crippen LogP contribution in [0, 0.1) is 6.92 Å². The van der Waals surface area contributed by atoms with Crippen LogP contribution in [0.15, 0.2) is 48.7 Å². The number of aromatic nitrogens is 2. The molecular formula is C17H17N3O. The van der Waals surface area contributed by atoms with E-state index >= 15 is 0 Å². The fourth-order valence-electron chi connectivity index (χ4n) is 2.22. The van der Waals surface area contributed by atoms with Gasteiger partial charge in [-0.05, 0) is 36.8 Å². The van der Waals surface area contributed by atoms with Crippen LogP contribution in [0.5, 0.6) is 5.75 Å². The highest BCUT2D eigenvalue weighted by Gasteiger charge is 2.05. The number of nitrogens with two attached hydrogens (primary N) is 1. The molecule has 106 valence electrons. The number of hydrogen-bond donors (Lipinski definition) is 1. The molecule has 3 rings (SSSR count). The average molecular weight is 279 g/mol. The van der Waals surface area contributed by atoms with Gasteiger partial charge < -0.3 is 10.5 Å². The van der Waals surface area contributed by atoms with E-state index in [1.807, 2.05) is 43.3 Å². The monoisotopic (exact) mass is 279 g/mol. The molecule has 21 heavy (non-hydrogen) atoms. The van der Waals surface area contributed by atoms with Gasteiger partial charge in [0.1, 0.15) is 17.9 Å². The summed E-state index contributed by atoms with van der Waals surface area (Å²) in [5, 5.41) is 1.08. The van der Waals surface area contributed by atoms with Crippen molar-refractivity contribution in [2.75, 3.05) is 0 Å². The summed E-state index contributed by atoms with van der Waals surface area (Å²) in [5.74, 6) is 0.794. The summed E-state index contributed by atoms with van der Waals surface area (Å²) in [4.78, 5) is 8.75. The van der Waals surface area contributed by atoms with E-state index < -0.39 is 0 Å². The number of fused-ring (bicyclic) bond motifs is 1. The Morgan fingerprint density at radius 3 is 2.90 bits per heavy atom. The summed E-state index contributed by atoms with van der Waals surface area (Å²) in [6, 6.07) is 13.9. The van der Waals surface area contributed by atoms with E-state index in [1.54, 1.807) is 6.20 Å². The maximum Gasteiger partial charge on any atom is 0.146 e. The molecule has 0 aliphatic carbocycles. The molecule has 0 bridgehead atoms. The Bertz CT molecular complexity index is 771. The number of hydrogen-bond acceptors (Lipinski definition) is 4. The summed E-state index contributed by atoms with van der Waals surface area (Å²) in [5.41, 5.74) is 9.39. The van der Waals surface area contributed by atoms with Crippen molar-refractivity contribution in [1.82, 2.24) is 9.97 Å². The molecule has 0 atom stereocenters. The number of pyridine rings is 2. The molecule has 1 aromatic carbocycles. The van der Waals surface area contributed by atoms with Crippen molar-refractivity contribution in [1.29, 1.82) is 0 Å². The van der Waals surface area contributed by atoms with Gasteiger partial charge in [-0.3, -0.25) is 4.98 Å². The molecule has 0 saturated carbocycles. The zero-order valence-corrected chi connectivity index (χ0v) is 11.9. The molecule has 4 heteroatoms. The highest BCUT2D eigenvalue weighted by atomic mass is 16.5. The number of benzene rings is 1. The van der Waals surface area contributed by atoms with Gasteiger partial charge in [-0.1, -0.05) is 18.2 Å². The van der Waals surface area contributed by atoms with E-state index in [9.17, 15) is 0 Å². The molecule has 0 radical (unpaired) electrons. The van der Waals surface area contributed by atoms with Crippen molar-refractivity contribution in [2.24, 2.45) is 5.73 Å². The number of para-hydroxylation sites is 1. The first-order chi connectivity index (χ1) is 10.3. The third kappa shape index (κ3) is 3.01. The Kier molecular flexibility index (Phi) is 3.79.